The summed E-state index contributed by atoms with van der Waals surface area (Å²) in [6.45, 7) is 2.04. The maximum atomic E-state index is 5.31. The first-order chi connectivity index (χ1) is 10.7. The van der Waals surface area contributed by atoms with Crippen molar-refractivity contribution >= 4 is 11.9 Å². The van der Waals surface area contributed by atoms with Crippen molar-refractivity contribution < 1.29 is 14.2 Å². The summed E-state index contributed by atoms with van der Waals surface area (Å²) in [4.78, 5) is 0. The summed E-state index contributed by atoms with van der Waals surface area (Å²) in [6.07, 6.45) is 1.70. The molecule has 22 heavy (non-hydrogen) atoms. The third-order valence-corrected chi connectivity index (χ3v) is 3.15. The predicted octanol–water partition coefficient (Wildman–Crippen LogP) is 3.47. The maximum absolute atomic E-state index is 5.31. The number of anilines is 1. The highest BCUT2D eigenvalue weighted by Gasteiger charge is 2.12. The Morgan fingerprint density at radius 2 is 1.50 bits per heavy atom. The molecule has 0 spiro atoms. The Bertz CT molecular complexity index is 626. The molecular formula is C17H20N2O3. The van der Waals surface area contributed by atoms with Gasteiger partial charge in [-0.15, -0.1) is 0 Å². The molecule has 1 N–H and O–H groups in total. The number of rotatable bonds is 6. The standard InChI is InChI=1S/C17H20N2O3/c1-12-5-7-14(8-6-12)19-18-11-13-9-15(20-2)17(22-4)16(10-13)21-3/h5-11,19H,1-4H3/b18-11-. The highest BCUT2D eigenvalue weighted by Crippen LogP contribution is 2.37. The number of nitrogens with one attached hydrogen (secondary N) is 1. The molecule has 0 saturated carbocycles. The van der Waals surface area contributed by atoms with E-state index >= 15 is 0 Å². The van der Waals surface area contributed by atoms with E-state index in [4.69, 9.17) is 14.2 Å². The van der Waals surface area contributed by atoms with Crippen molar-refractivity contribution in [3.05, 3.63) is 47.5 Å². The zero-order chi connectivity index (χ0) is 15.9. The second-order valence-electron chi connectivity index (χ2n) is 4.69. The Kier molecular flexibility index (Phi) is 5.25. The molecule has 0 unspecified atom stereocenters. The molecule has 0 radical (unpaired) electrons. The molecule has 5 nitrogen and oxygen atoms in total. The summed E-state index contributed by atoms with van der Waals surface area (Å²) in [5, 5.41) is 4.22. The summed E-state index contributed by atoms with van der Waals surface area (Å²) in [5.74, 6) is 1.76. The van der Waals surface area contributed by atoms with Gasteiger partial charge in [-0.1, -0.05) is 17.7 Å². The van der Waals surface area contributed by atoms with Gasteiger partial charge in [-0.2, -0.15) is 5.10 Å². The lowest BCUT2D eigenvalue weighted by atomic mass is 10.2. The maximum Gasteiger partial charge on any atom is 0.203 e. The molecule has 0 aliphatic carbocycles. The molecule has 116 valence electrons. The molecule has 0 saturated heterocycles. The second kappa shape index (κ2) is 7.36. The molecular weight excluding hydrogens is 280 g/mol. The molecule has 0 bridgehead atoms. The fourth-order valence-corrected chi connectivity index (χ4v) is 1.99. The van der Waals surface area contributed by atoms with Gasteiger partial charge in [0, 0.05) is 5.56 Å². The van der Waals surface area contributed by atoms with Crippen LogP contribution in [0.5, 0.6) is 17.2 Å². The zero-order valence-corrected chi connectivity index (χ0v) is 13.2. The first-order valence-corrected chi connectivity index (χ1v) is 6.83. The van der Waals surface area contributed by atoms with E-state index in [9.17, 15) is 0 Å². The Morgan fingerprint density at radius 3 is 2.00 bits per heavy atom. The quantitative estimate of drug-likeness (QED) is 0.655. The number of ether oxygens (including phenoxy) is 3. The van der Waals surface area contributed by atoms with Crippen molar-refractivity contribution in [1.29, 1.82) is 0 Å². The number of hydrazone groups is 1. The molecule has 0 heterocycles. The summed E-state index contributed by atoms with van der Waals surface area (Å²) in [6, 6.07) is 11.7. The number of hydrogen-bond donors (Lipinski definition) is 1. The molecule has 2 aromatic rings. The fraction of sp³-hybridized carbons (Fsp3) is 0.235. The van der Waals surface area contributed by atoms with Gasteiger partial charge in [0.05, 0.1) is 33.2 Å². The minimum absolute atomic E-state index is 0.564. The van der Waals surface area contributed by atoms with Gasteiger partial charge in [0.25, 0.3) is 0 Å². The molecule has 0 fully saturated rings. The van der Waals surface area contributed by atoms with Crippen LogP contribution in [0, 0.1) is 6.92 Å². The Balaban J connectivity index is 2.18. The number of benzene rings is 2. The minimum Gasteiger partial charge on any atom is -0.493 e. The van der Waals surface area contributed by atoms with Crippen LogP contribution in [0.1, 0.15) is 11.1 Å². The van der Waals surface area contributed by atoms with E-state index in [-0.39, 0.29) is 0 Å². The average Bonchev–Trinajstić information content (AvgIpc) is 2.55. The van der Waals surface area contributed by atoms with E-state index in [0.29, 0.717) is 17.2 Å². The first-order valence-electron chi connectivity index (χ1n) is 6.83. The van der Waals surface area contributed by atoms with Crippen molar-refractivity contribution in [2.24, 2.45) is 5.10 Å². The second-order valence-corrected chi connectivity index (χ2v) is 4.69. The van der Waals surface area contributed by atoms with Gasteiger partial charge in [0.1, 0.15) is 0 Å². The number of aryl methyl sites for hydroxylation is 1. The largest absolute Gasteiger partial charge is 0.493 e. The van der Waals surface area contributed by atoms with Crippen LogP contribution in [-0.2, 0) is 0 Å². The van der Waals surface area contributed by atoms with Crippen LogP contribution in [0.15, 0.2) is 41.5 Å². The van der Waals surface area contributed by atoms with Crippen molar-refractivity contribution in [3.63, 3.8) is 0 Å². The van der Waals surface area contributed by atoms with Crippen LogP contribution in [0.3, 0.4) is 0 Å². The third kappa shape index (κ3) is 3.69. The molecule has 0 amide bonds. The Labute approximate surface area is 130 Å². The molecule has 2 rings (SSSR count). The molecule has 2 aromatic carbocycles. The van der Waals surface area contributed by atoms with E-state index < -0.39 is 0 Å². The van der Waals surface area contributed by atoms with E-state index in [1.807, 2.05) is 43.3 Å². The average molecular weight is 300 g/mol. The van der Waals surface area contributed by atoms with Crippen molar-refractivity contribution in [1.82, 2.24) is 0 Å². The third-order valence-electron chi connectivity index (χ3n) is 3.15. The number of methoxy groups -OCH3 is 3. The SMILES string of the molecule is COc1cc(/C=N\Nc2ccc(C)cc2)cc(OC)c1OC. The van der Waals surface area contributed by atoms with Gasteiger partial charge in [-0.3, -0.25) is 5.43 Å². The summed E-state index contributed by atoms with van der Waals surface area (Å²) in [5.41, 5.74) is 5.96. The molecule has 0 aliphatic rings. The minimum atomic E-state index is 0.564. The monoisotopic (exact) mass is 300 g/mol. The fourth-order valence-electron chi connectivity index (χ4n) is 1.99. The lowest BCUT2D eigenvalue weighted by molar-refractivity contribution is 0.324. The van der Waals surface area contributed by atoms with Gasteiger partial charge in [-0.05, 0) is 31.2 Å². The number of nitrogens with zero attached hydrogens (tertiary/aromatic N) is 1. The van der Waals surface area contributed by atoms with Crippen LogP contribution in [-0.4, -0.2) is 27.5 Å². The van der Waals surface area contributed by atoms with Crippen molar-refractivity contribution in [2.45, 2.75) is 6.92 Å². The van der Waals surface area contributed by atoms with Gasteiger partial charge >= 0.3 is 0 Å². The van der Waals surface area contributed by atoms with Crippen LogP contribution in [0.25, 0.3) is 0 Å². The smallest absolute Gasteiger partial charge is 0.203 e. The lowest BCUT2D eigenvalue weighted by Gasteiger charge is -2.12. The lowest BCUT2D eigenvalue weighted by Crippen LogP contribution is -1.97. The van der Waals surface area contributed by atoms with Gasteiger partial charge in [-0.25, -0.2) is 0 Å². The Morgan fingerprint density at radius 1 is 0.909 bits per heavy atom. The summed E-state index contributed by atoms with van der Waals surface area (Å²) >= 11 is 0. The molecule has 0 aromatic heterocycles. The van der Waals surface area contributed by atoms with Crippen LogP contribution in [0.4, 0.5) is 5.69 Å². The van der Waals surface area contributed by atoms with Gasteiger partial charge in [0.15, 0.2) is 11.5 Å². The topological polar surface area (TPSA) is 52.1 Å². The van der Waals surface area contributed by atoms with E-state index in [1.54, 1.807) is 27.5 Å². The molecule has 0 aliphatic heterocycles. The molecule has 5 heteroatoms. The van der Waals surface area contributed by atoms with Gasteiger partial charge in [0.2, 0.25) is 5.75 Å². The summed E-state index contributed by atoms with van der Waals surface area (Å²) < 4.78 is 15.9. The highest BCUT2D eigenvalue weighted by atomic mass is 16.5. The van der Waals surface area contributed by atoms with E-state index in [1.165, 1.54) is 5.56 Å². The Hall–Kier alpha value is -2.69. The van der Waals surface area contributed by atoms with Crippen LogP contribution >= 0.6 is 0 Å². The van der Waals surface area contributed by atoms with Gasteiger partial charge < -0.3 is 14.2 Å². The molecule has 0 atom stereocenters. The normalized spacial score (nSPS) is 10.5. The zero-order valence-electron chi connectivity index (χ0n) is 13.2. The summed E-state index contributed by atoms with van der Waals surface area (Å²) in [7, 11) is 4.75. The van der Waals surface area contributed by atoms with Crippen molar-refractivity contribution in [2.75, 3.05) is 26.8 Å². The predicted molar refractivity (Wildman–Crippen MR) is 88.5 cm³/mol. The van der Waals surface area contributed by atoms with Crippen LogP contribution in [0.2, 0.25) is 0 Å². The van der Waals surface area contributed by atoms with Crippen molar-refractivity contribution in [3.8, 4) is 17.2 Å². The number of hydrogen-bond acceptors (Lipinski definition) is 5. The van der Waals surface area contributed by atoms with E-state index in [2.05, 4.69) is 10.5 Å². The van der Waals surface area contributed by atoms with Crippen LogP contribution < -0.4 is 19.6 Å². The first kappa shape index (κ1) is 15.7. The highest BCUT2D eigenvalue weighted by molar-refractivity contribution is 5.83. The van der Waals surface area contributed by atoms with E-state index in [0.717, 1.165) is 11.3 Å².